The fourth-order valence-corrected chi connectivity index (χ4v) is 6.57. The Morgan fingerprint density at radius 1 is 0.574 bits per heavy atom. The van der Waals surface area contributed by atoms with E-state index < -0.39 is 51.1 Å². The number of hydrogen-bond donors (Lipinski definition) is 3. The van der Waals surface area contributed by atoms with Crippen molar-refractivity contribution in [1.29, 1.82) is 0 Å². The third-order valence-electron chi connectivity index (χ3n) is 9.20. The van der Waals surface area contributed by atoms with Crippen LogP contribution in [0.1, 0.15) is 194 Å². The Bertz CT molecular complexity index is 1020. The van der Waals surface area contributed by atoms with Gasteiger partial charge in [-0.25, -0.2) is 4.57 Å². The third kappa shape index (κ3) is 36.9. The van der Waals surface area contributed by atoms with Crippen LogP contribution in [0.15, 0.2) is 24.3 Å². The number of ether oxygens (including phenoxy) is 2. The molecule has 12 heteroatoms. The van der Waals surface area contributed by atoms with Gasteiger partial charge in [0, 0.05) is 12.8 Å². The maximum atomic E-state index is 12.6. The summed E-state index contributed by atoms with van der Waals surface area (Å²) in [6.45, 7) is 2.76. The van der Waals surface area contributed by atoms with E-state index in [4.69, 9.17) is 24.8 Å². The van der Waals surface area contributed by atoms with Crippen LogP contribution in [0, 0.1) is 0 Å². The van der Waals surface area contributed by atoms with E-state index in [-0.39, 0.29) is 19.4 Å². The van der Waals surface area contributed by atoms with E-state index in [2.05, 4.69) is 42.7 Å². The van der Waals surface area contributed by atoms with Gasteiger partial charge in [-0.1, -0.05) is 167 Å². The van der Waals surface area contributed by atoms with Gasteiger partial charge in [0.25, 0.3) is 0 Å². The molecule has 0 bridgehead atoms. The number of phosphoric ester groups is 1. The van der Waals surface area contributed by atoms with Crippen LogP contribution in [0.5, 0.6) is 0 Å². The average molecular weight is 788 g/mol. The van der Waals surface area contributed by atoms with Crippen LogP contribution in [0.2, 0.25) is 0 Å². The van der Waals surface area contributed by atoms with Gasteiger partial charge in [-0.15, -0.1) is 0 Å². The summed E-state index contributed by atoms with van der Waals surface area (Å²) in [6, 6.07) is -1.52. The van der Waals surface area contributed by atoms with E-state index >= 15 is 0 Å². The lowest BCUT2D eigenvalue weighted by Crippen LogP contribution is -2.34. The first-order chi connectivity index (χ1) is 26.1. The lowest BCUT2D eigenvalue weighted by molar-refractivity contribution is -0.161. The summed E-state index contributed by atoms with van der Waals surface area (Å²) in [5, 5.41) is 8.88. The topological polar surface area (TPSA) is 172 Å². The summed E-state index contributed by atoms with van der Waals surface area (Å²) in [5.74, 6) is -2.39. The van der Waals surface area contributed by atoms with Crippen molar-refractivity contribution in [1.82, 2.24) is 0 Å². The second kappa shape index (κ2) is 37.9. The molecule has 54 heavy (non-hydrogen) atoms. The maximum Gasteiger partial charge on any atom is 0.472 e. The summed E-state index contributed by atoms with van der Waals surface area (Å²) in [7, 11) is -4.71. The number of carbonyl (C=O) groups excluding carboxylic acids is 2. The Hall–Kier alpha value is -2.04. The second-order valence-corrected chi connectivity index (χ2v) is 15.9. The van der Waals surface area contributed by atoms with E-state index in [0.29, 0.717) is 12.8 Å². The first kappa shape index (κ1) is 52.0. The number of unbranched alkanes of at least 4 members (excludes halogenated alkanes) is 22. The Morgan fingerprint density at radius 3 is 1.50 bits per heavy atom. The number of carbonyl (C=O) groups is 3. The monoisotopic (exact) mass is 788 g/mol. The Balaban J connectivity index is 4.36. The van der Waals surface area contributed by atoms with Crippen molar-refractivity contribution in [2.24, 2.45) is 5.73 Å². The minimum absolute atomic E-state index is 0.147. The number of allylic oxidation sites excluding steroid dienone is 4. The van der Waals surface area contributed by atoms with Crippen molar-refractivity contribution in [3.05, 3.63) is 24.3 Å². The van der Waals surface area contributed by atoms with Gasteiger partial charge >= 0.3 is 25.7 Å². The normalized spacial score (nSPS) is 14.0. The minimum Gasteiger partial charge on any atom is -0.480 e. The zero-order valence-electron chi connectivity index (χ0n) is 34.1. The summed E-state index contributed by atoms with van der Waals surface area (Å²) in [4.78, 5) is 45.9. The van der Waals surface area contributed by atoms with Gasteiger partial charge in [0.2, 0.25) is 0 Å². The van der Waals surface area contributed by atoms with Crippen LogP contribution in [0.25, 0.3) is 0 Å². The van der Waals surface area contributed by atoms with Crippen LogP contribution in [-0.2, 0) is 37.5 Å². The number of aliphatic carboxylic acids is 1. The molecule has 0 aromatic carbocycles. The highest BCUT2D eigenvalue weighted by molar-refractivity contribution is 7.47. The molecule has 0 saturated carbocycles. The van der Waals surface area contributed by atoms with Gasteiger partial charge < -0.3 is 25.2 Å². The van der Waals surface area contributed by atoms with Gasteiger partial charge in [-0.05, 0) is 38.5 Å². The van der Waals surface area contributed by atoms with Crippen molar-refractivity contribution in [2.75, 3.05) is 19.8 Å². The molecule has 0 aliphatic carbocycles. The van der Waals surface area contributed by atoms with E-state index in [1.165, 1.54) is 89.9 Å². The van der Waals surface area contributed by atoms with Crippen LogP contribution in [0.3, 0.4) is 0 Å². The molecule has 4 N–H and O–H groups in total. The Morgan fingerprint density at radius 2 is 1.00 bits per heavy atom. The molecule has 0 radical (unpaired) electrons. The van der Waals surface area contributed by atoms with Crippen molar-refractivity contribution in [2.45, 2.75) is 206 Å². The zero-order chi connectivity index (χ0) is 40.0. The summed E-state index contributed by atoms with van der Waals surface area (Å²) < 4.78 is 32.7. The molecule has 0 aliphatic rings. The van der Waals surface area contributed by atoms with E-state index in [1.54, 1.807) is 0 Å². The van der Waals surface area contributed by atoms with Crippen molar-refractivity contribution in [3.63, 3.8) is 0 Å². The number of carboxylic acid groups (broad SMARTS) is 1. The molecule has 316 valence electrons. The maximum absolute atomic E-state index is 12.6. The molecule has 0 amide bonds. The van der Waals surface area contributed by atoms with E-state index in [9.17, 15) is 23.8 Å². The van der Waals surface area contributed by atoms with Gasteiger partial charge in [-0.2, -0.15) is 0 Å². The molecule has 0 saturated heterocycles. The van der Waals surface area contributed by atoms with Crippen molar-refractivity contribution < 1.29 is 47.5 Å². The number of rotatable bonds is 40. The molecule has 0 fully saturated rings. The summed E-state index contributed by atoms with van der Waals surface area (Å²) >= 11 is 0. The molecule has 11 nitrogen and oxygen atoms in total. The quantitative estimate of drug-likeness (QED) is 0.0233. The fourth-order valence-electron chi connectivity index (χ4n) is 5.79. The number of phosphoric acid groups is 1. The standard InChI is InChI=1S/C42H78NO10P/c1-3-5-7-9-11-13-15-17-19-20-22-23-25-27-29-31-33-40(44)50-35-38(36-51-54(48,49)52-37-39(43)42(46)47)53-41(45)34-32-30-28-26-24-21-18-16-14-12-10-8-6-4-2/h10,12,16,18,38-39H,3-9,11,13-15,17,19-37,43H2,1-2H3,(H,46,47)(H,48,49)/b12-10+,18-16+/t38-,39+/m1/s1. The molecule has 3 atom stereocenters. The third-order valence-corrected chi connectivity index (χ3v) is 10.2. The largest absolute Gasteiger partial charge is 0.480 e. The Kier molecular flexibility index (Phi) is 36.4. The summed E-state index contributed by atoms with van der Waals surface area (Å²) in [6.07, 6.45) is 38.1. The number of carboxylic acids is 1. The van der Waals surface area contributed by atoms with Crippen LogP contribution in [-0.4, -0.2) is 59.9 Å². The van der Waals surface area contributed by atoms with Crippen LogP contribution in [0.4, 0.5) is 0 Å². The molecule has 0 spiro atoms. The molecule has 0 heterocycles. The lowest BCUT2D eigenvalue weighted by Gasteiger charge is -2.20. The zero-order valence-corrected chi connectivity index (χ0v) is 35.0. The molecule has 0 aromatic rings. The summed E-state index contributed by atoms with van der Waals surface area (Å²) in [5.41, 5.74) is 5.33. The average Bonchev–Trinajstić information content (AvgIpc) is 3.14. The van der Waals surface area contributed by atoms with Gasteiger partial charge in [0.05, 0.1) is 13.2 Å². The highest BCUT2D eigenvalue weighted by Crippen LogP contribution is 2.43. The number of nitrogens with two attached hydrogens (primary N) is 1. The molecule has 1 unspecified atom stereocenters. The smallest absolute Gasteiger partial charge is 0.472 e. The van der Waals surface area contributed by atoms with Crippen LogP contribution < -0.4 is 5.73 Å². The Labute approximate surface area is 328 Å². The van der Waals surface area contributed by atoms with Crippen molar-refractivity contribution in [3.8, 4) is 0 Å². The SMILES string of the molecule is CCCC/C=C/C/C=C/CCCCCCCC(=O)O[C@H](COC(=O)CCCCCCCCCCCCCCCCCC)COP(=O)(O)OC[C@H](N)C(=O)O. The molecular formula is C42H78NO10P. The lowest BCUT2D eigenvalue weighted by atomic mass is 10.0. The predicted molar refractivity (Wildman–Crippen MR) is 217 cm³/mol. The van der Waals surface area contributed by atoms with Gasteiger partial charge in [-0.3, -0.25) is 23.4 Å². The minimum atomic E-state index is -4.71. The van der Waals surface area contributed by atoms with Crippen molar-refractivity contribution >= 4 is 25.7 Å². The fraction of sp³-hybridized carbons (Fsp3) is 0.833. The molecule has 0 aromatic heterocycles. The molecule has 0 rings (SSSR count). The highest BCUT2D eigenvalue weighted by Gasteiger charge is 2.28. The second-order valence-electron chi connectivity index (χ2n) is 14.5. The number of esters is 2. The van der Waals surface area contributed by atoms with Gasteiger partial charge in [0.15, 0.2) is 6.10 Å². The van der Waals surface area contributed by atoms with Gasteiger partial charge in [0.1, 0.15) is 12.6 Å². The molecular weight excluding hydrogens is 709 g/mol. The van der Waals surface area contributed by atoms with E-state index in [1.807, 2.05) is 0 Å². The van der Waals surface area contributed by atoms with Crippen LogP contribution >= 0.6 is 7.82 Å². The van der Waals surface area contributed by atoms with E-state index in [0.717, 1.165) is 64.2 Å². The first-order valence-corrected chi connectivity index (χ1v) is 22.9. The molecule has 0 aliphatic heterocycles. The predicted octanol–water partition coefficient (Wildman–Crippen LogP) is 11.1. The highest BCUT2D eigenvalue weighted by atomic mass is 31.2. The first-order valence-electron chi connectivity index (χ1n) is 21.4. The number of hydrogen-bond acceptors (Lipinski definition) is 9.